The van der Waals surface area contributed by atoms with E-state index in [4.69, 9.17) is 0 Å². The highest BCUT2D eigenvalue weighted by atomic mass is 32.1. The summed E-state index contributed by atoms with van der Waals surface area (Å²) in [7, 11) is 0. The second kappa shape index (κ2) is 9.55. The predicted molar refractivity (Wildman–Crippen MR) is 82.5 cm³/mol. The van der Waals surface area contributed by atoms with Crippen molar-refractivity contribution >= 4 is 11.3 Å². The second-order valence-corrected chi connectivity index (χ2v) is 6.62. The maximum absolute atomic E-state index is 4.60. The highest BCUT2D eigenvalue weighted by Crippen LogP contribution is 2.19. The Hall–Kier alpha value is -0.370. The number of nitrogens with zero attached hydrogens (tertiary/aromatic N) is 1. The van der Waals surface area contributed by atoms with Crippen molar-refractivity contribution in [3.8, 4) is 0 Å². The van der Waals surface area contributed by atoms with Crippen LogP contribution < -0.4 is 0 Å². The summed E-state index contributed by atoms with van der Waals surface area (Å²) in [5, 5.41) is 1.34. The van der Waals surface area contributed by atoms with Crippen molar-refractivity contribution in [1.82, 2.24) is 4.98 Å². The van der Waals surface area contributed by atoms with Gasteiger partial charge in [-0.25, -0.2) is 4.98 Å². The molecular formula is C16H29NS. The summed E-state index contributed by atoms with van der Waals surface area (Å²) in [5.41, 5.74) is 1.23. The first-order valence-corrected chi connectivity index (χ1v) is 8.48. The van der Waals surface area contributed by atoms with Crippen molar-refractivity contribution in [2.45, 2.75) is 85.0 Å². The molecule has 0 saturated heterocycles. The van der Waals surface area contributed by atoms with Gasteiger partial charge in [-0.15, -0.1) is 11.3 Å². The van der Waals surface area contributed by atoms with Crippen molar-refractivity contribution in [3.63, 3.8) is 0 Å². The molecule has 0 N–H and O–H groups in total. The summed E-state index contributed by atoms with van der Waals surface area (Å²) in [6.45, 7) is 6.57. The number of unbranched alkanes of at least 4 members (excludes halogenated alkanes) is 8. The van der Waals surface area contributed by atoms with Crippen molar-refractivity contribution in [2.24, 2.45) is 0 Å². The van der Waals surface area contributed by atoms with Gasteiger partial charge >= 0.3 is 0 Å². The van der Waals surface area contributed by atoms with Gasteiger partial charge in [-0.1, -0.05) is 58.3 Å². The average molecular weight is 267 g/mol. The minimum atomic E-state index is 1.19. The number of hydrogen-bond donors (Lipinski definition) is 0. The van der Waals surface area contributed by atoms with Crippen LogP contribution in [0.2, 0.25) is 0 Å². The standard InChI is InChI=1S/C16H29NS/c1-4-5-6-7-8-9-10-11-12-13-16-17-14(2)15(3)18-16/h4-13H2,1-3H3. The molecule has 1 rings (SSSR count). The maximum Gasteiger partial charge on any atom is 0.0930 e. The van der Waals surface area contributed by atoms with Crippen molar-refractivity contribution in [3.05, 3.63) is 15.6 Å². The smallest absolute Gasteiger partial charge is 0.0930 e. The molecule has 0 aliphatic heterocycles. The molecule has 1 heterocycles. The second-order valence-electron chi connectivity index (χ2n) is 5.33. The van der Waals surface area contributed by atoms with Crippen LogP contribution in [0.4, 0.5) is 0 Å². The van der Waals surface area contributed by atoms with Gasteiger partial charge in [0.25, 0.3) is 0 Å². The van der Waals surface area contributed by atoms with Gasteiger partial charge < -0.3 is 0 Å². The first kappa shape index (κ1) is 15.7. The quantitative estimate of drug-likeness (QED) is 0.486. The number of thiazole rings is 1. The molecule has 2 heteroatoms. The Morgan fingerprint density at radius 3 is 1.89 bits per heavy atom. The molecule has 0 aromatic carbocycles. The molecule has 0 aliphatic carbocycles. The van der Waals surface area contributed by atoms with Gasteiger partial charge in [0.2, 0.25) is 0 Å². The lowest BCUT2D eigenvalue weighted by atomic mass is 10.1. The third-order valence-electron chi connectivity index (χ3n) is 3.57. The lowest BCUT2D eigenvalue weighted by Crippen LogP contribution is -1.86. The Bertz CT molecular complexity index is 297. The third-order valence-corrected chi connectivity index (χ3v) is 4.70. The molecule has 0 saturated carbocycles. The minimum absolute atomic E-state index is 1.19. The number of rotatable bonds is 10. The molecular weight excluding hydrogens is 238 g/mol. The van der Waals surface area contributed by atoms with Gasteiger partial charge in [0.05, 0.1) is 10.7 Å². The van der Waals surface area contributed by atoms with Crippen LogP contribution >= 0.6 is 11.3 Å². The van der Waals surface area contributed by atoms with Gasteiger partial charge in [0.1, 0.15) is 0 Å². The van der Waals surface area contributed by atoms with Crippen LogP contribution in [-0.2, 0) is 6.42 Å². The Balaban J connectivity index is 1.92. The van der Waals surface area contributed by atoms with Crippen molar-refractivity contribution < 1.29 is 0 Å². The van der Waals surface area contributed by atoms with Gasteiger partial charge in [0.15, 0.2) is 0 Å². The average Bonchev–Trinajstić information content (AvgIpc) is 2.67. The molecule has 104 valence electrons. The zero-order valence-electron chi connectivity index (χ0n) is 12.4. The normalized spacial score (nSPS) is 11.1. The van der Waals surface area contributed by atoms with Crippen molar-refractivity contribution in [2.75, 3.05) is 0 Å². The fourth-order valence-electron chi connectivity index (χ4n) is 2.23. The summed E-state index contributed by atoms with van der Waals surface area (Å²) in [6.07, 6.45) is 13.8. The Labute approximate surface area is 117 Å². The first-order valence-electron chi connectivity index (χ1n) is 7.67. The van der Waals surface area contributed by atoms with Gasteiger partial charge in [-0.3, -0.25) is 0 Å². The van der Waals surface area contributed by atoms with Crippen LogP contribution in [0, 0.1) is 13.8 Å². The van der Waals surface area contributed by atoms with E-state index < -0.39 is 0 Å². The van der Waals surface area contributed by atoms with E-state index in [0.29, 0.717) is 0 Å². The topological polar surface area (TPSA) is 12.9 Å². The van der Waals surface area contributed by atoms with Crippen LogP contribution in [0.25, 0.3) is 0 Å². The highest BCUT2D eigenvalue weighted by molar-refractivity contribution is 7.11. The predicted octanol–water partition coefficient (Wildman–Crippen LogP) is 5.83. The fraction of sp³-hybridized carbons (Fsp3) is 0.812. The molecule has 0 aliphatic rings. The van der Waals surface area contributed by atoms with E-state index in [2.05, 4.69) is 25.8 Å². The minimum Gasteiger partial charge on any atom is -0.246 e. The van der Waals surface area contributed by atoms with E-state index in [-0.39, 0.29) is 0 Å². The molecule has 0 bridgehead atoms. The first-order chi connectivity index (χ1) is 8.74. The monoisotopic (exact) mass is 267 g/mol. The van der Waals surface area contributed by atoms with Crippen LogP contribution in [0.1, 0.15) is 80.3 Å². The molecule has 1 aromatic rings. The summed E-state index contributed by atoms with van der Waals surface area (Å²) >= 11 is 1.88. The van der Waals surface area contributed by atoms with Crippen molar-refractivity contribution in [1.29, 1.82) is 0 Å². The molecule has 0 atom stereocenters. The lowest BCUT2D eigenvalue weighted by Gasteiger charge is -2.01. The van der Waals surface area contributed by atoms with Gasteiger partial charge in [-0.05, 0) is 26.7 Å². The van der Waals surface area contributed by atoms with Crippen LogP contribution in [0.5, 0.6) is 0 Å². The van der Waals surface area contributed by atoms with E-state index in [1.54, 1.807) is 0 Å². The van der Waals surface area contributed by atoms with Gasteiger partial charge in [-0.2, -0.15) is 0 Å². The Morgan fingerprint density at radius 2 is 1.39 bits per heavy atom. The largest absolute Gasteiger partial charge is 0.246 e. The van der Waals surface area contributed by atoms with E-state index in [9.17, 15) is 0 Å². The molecule has 0 unspecified atom stereocenters. The van der Waals surface area contributed by atoms with Crippen LogP contribution in [0.15, 0.2) is 0 Å². The van der Waals surface area contributed by atoms with Gasteiger partial charge in [0, 0.05) is 4.88 Å². The zero-order chi connectivity index (χ0) is 13.2. The molecule has 0 fully saturated rings. The maximum atomic E-state index is 4.60. The summed E-state index contributed by atoms with van der Waals surface area (Å²) in [4.78, 5) is 5.99. The van der Waals surface area contributed by atoms with Crippen LogP contribution in [0.3, 0.4) is 0 Å². The molecule has 0 amide bonds. The molecule has 1 aromatic heterocycles. The molecule has 0 radical (unpaired) electrons. The fourth-order valence-corrected chi connectivity index (χ4v) is 3.21. The van der Waals surface area contributed by atoms with E-state index in [0.717, 1.165) is 0 Å². The summed E-state index contributed by atoms with van der Waals surface area (Å²) < 4.78 is 0. The summed E-state index contributed by atoms with van der Waals surface area (Å²) in [5.74, 6) is 0. The molecule has 1 nitrogen and oxygen atoms in total. The third kappa shape index (κ3) is 6.53. The van der Waals surface area contributed by atoms with E-state index >= 15 is 0 Å². The van der Waals surface area contributed by atoms with E-state index in [1.807, 2.05) is 11.3 Å². The zero-order valence-corrected chi connectivity index (χ0v) is 13.2. The lowest BCUT2D eigenvalue weighted by molar-refractivity contribution is 0.564. The SMILES string of the molecule is CCCCCCCCCCCc1nc(C)c(C)s1. The molecule has 18 heavy (non-hydrogen) atoms. The highest BCUT2D eigenvalue weighted by Gasteiger charge is 2.02. The summed E-state index contributed by atoms with van der Waals surface area (Å²) in [6, 6.07) is 0. The Morgan fingerprint density at radius 1 is 0.833 bits per heavy atom. The number of aryl methyl sites for hydroxylation is 3. The van der Waals surface area contributed by atoms with E-state index in [1.165, 1.54) is 79.8 Å². The van der Waals surface area contributed by atoms with Crippen LogP contribution in [-0.4, -0.2) is 4.98 Å². The number of hydrogen-bond acceptors (Lipinski definition) is 2. The Kier molecular flexibility index (Phi) is 8.32. The molecule has 0 spiro atoms. The number of aromatic nitrogens is 1.